The van der Waals surface area contributed by atoms with Crippen LogP contribution in [0.25, 0.3) is 10.2 Å². The molecule has 0 unspecified atom stereocenters. The Kier molecular flexibility index (Phi) is 4.79. The maximum Gasteiger partial charge on any atom is 0.253 e. The van der Waals surface area contributed by atoms with E-state index in [1.165, 1.54) is 11.3 Å². The fraction of sp³-hybridized carbons (Fsp3) is 0.400. The van der Waals surface area contributed by atoms with E-state index in [-0.39, 0.29) is 17.7 Å². The largest absolute Gasteiger partial charge is 0.336 e. The summed E-state index contributed by atoms with van der Waals surface area (Å²) in [6.45, 7) is 3.27. The Hall–Kier alpha value is -1.70. The molecule has 1 saturated heterocycles. The number of piperazine rings is 1. The SMILES string of the molecule is CN1CCN(C(=O)c2ccc3nc(NC(=O)CCl)sc3c2)CC1. The van der Waals surface area contributed by atoms with Gasteiger partial charge in [0.25, 0.3) is 5.91 Å². The lowest BCUT2D eigenvalue weighted by Gasteiger charge is -2.32. The molecular weight excluding hydrogens is 336 g/mol. The van der Waals surface area contributed by atoms with Gasteiger partial charge in [0.05, 0.1) is 10.2 Å². The zero-order chi connectivity index (χ0) is 16.4. The zero-order valence-electron chi connectivity index (χ0n) is 12.7. The number of thiazole rings is 1. The van der Waals surface area contributed by atoms with Gasteiger partial charge in [-0.1, -0.05) is 11.3 Å². The van der Waals surface area contributed by atoms with Crippen molar-refractivity contribution in [2.75, 3.05) is 44.4 Å². The highest BCUT2D eigenvalue weighted by molar-refractivity contribution is 7.22. The molecule has 122 valence electrons. The fourth-order valence-corrected chi connectivity index (χ4v) is 3.44. The number of anilines is 1. The summed E-state index contributed by atoms with van der Waals surface area (Å²) in [5.74, 6) is -0.359. The minimum Gasteiger partial charge on any atom is -0.336 e. The van der Waals surface area contributed by atoms with Crippen LogP contribution in [0.4, 0.5) is 5.13 Å². The Balaban J connectivity index is 1.79. The number of nitrogens with one attached hydrogen (secondary N) is 1. The van der Waals surface area contributed by atoms with Gasteiger partial charge in [0, 0.05) is 31.7 Å². The number of carbonyl (C=O) groups is 2. The highest BCUT2D eigenvalue weighted by atomic mass is 35.5. The highest BCUT2D eigenvalue weighted by Crippen LogP contribution is 2.27. The van der Waals surface area contributed by atoms with Gasteiger partial charge in [-0.25, -0.2) is 4.98 Å². The first-order valence-corrected chi connectivity index (χ1v) is 8.66. The molecule has 3 rings (SSSR count). The van der Waals surface area contributed by atoms with E-state index in [9.17, 15) is 9.59 Å². The number of halogens is 1. The average molecular weight is 353 g/mol. The molecule has 0 aliphatic carbocycles. The van der Waals surface area contributed by atoms with Gasteiger partial charge in [0.2, 0.25) is 5.91 Å². The van der Waals surface area contributed by atoms with Crippen molar-refractivity contribution in [1.82, 2.24) is 14.8 Å². The molecule has 2 heterocycles. The van der Waals surface area contributed by atoms with E-state index in [0.717, 1.165) is 36.4 Å². The molecule has 1 aliphatic rings. The third-order valence-electron chi connectivity index (χ3n) is 3.79. The van der Waals surface area contributed by atoms with Crippen LogP contribution in [0.1, 0.15) is 10.4 Å². The van der Waals surface area contributed by atoms with Gasteiger partial charge < -0.3 is 15.1 Å². The number of hydrogen-bond donors (Lipinski definition) is 1. The molecule has 1 fully saturated rings. The number of hydrogen-bond acceptors (Lipinski definition) is 5. The molecule has 0 spiro atoms. The van der Waals surface area contributed by atoms with Crippen molar-refractivity contribution in [3.8, 4) is 0 Å². The molecule has 1 aromatic heterocycles. The van der Waals surface area contributed by atoms with Crippen LogP contribution in [-0.2, 0) is 4.79 Å². The number of likely N-dealkylation sites (N-methyl/N-ethyl adjacent to an activating group) is 1. The Morgan fingerprint density at radius 1 is 1.30 bits per heavy atom. The lowest BCUT2D eigenvalue weighted by molar-refractivity contribution is -0.113. The van der Waals surface area contributed by atoms with Gasteiger partial charge >= 0.3 is 0 Å². The average Bonchev–Trinajstić information content (AvgIpc) is 2.96. The molecule has 1 aromatic carbocycles. The van der Waals surface area contributed by atoms with Crippen LogP contribution in [0, 0.1) is 0 Å². The molecule has 0 saturated carbocycles. The summed E-state index contributed by atoms with van der Waals surface area (Å²) >= 11 is 6.81. The van der Waals surface area contributed by atoms with Crippen molar-refractivity contribution in [2.45, 2.75) is 0 Å². The predicted octanol–water partition coefficient (Wildman–Crippen LogP) is 1.86. The van der Waals surface area contributed by atoms with Crippen molar-refractivity contribution in [3.05, 3.63) is 23.8 Å². The molecule has 23 heavy (non-hydrogen) atoms. The van der Waals surface area contributed by atoms with Crippen LogP contribution in [0.15, 0.2) is 18.2 Å². The second kappa shape index (κ2) is 6.82. The second-order valence-corrected chi connectivity index (χ2v) is 6.78. The highest BCUT2D eigenvalue weighted by Gasteiger charge is 2.21. The smallest absolute Gasteiger partial charge is 0.253 e. The van der Waals surface area contributed by atoms with Crippen LogP contribution in [0.2, 0.25) is 0 Å². The number of fused-ring (bicyclic) bond motifs is 1. The zero-order valence-corrected chi connectivity index (χ0v) is 14.3. The van der Waals surface area contributed by atoms with E-state index in [1.54, 1.807) is 6.07 Å². The molecule has 1 aliphatic heterocycles. The van der Waals surface area contributed by atoms with Crippen LogP contribution in [-0.4, -0.2) is 65.7 Å². The number of alkyl halides is 1. The lowest BCUT2D eigenvalue weighted by atomic mass is 10.1. The summed E-state index contributed by atoms with van der Waals surface area (Å²) in [7, 11) is 2.06. The molecule has 6 nitrogen and oxygen atoms in total. The number of rotatable bonds is 3. The Labute approximate surface area is 143 Å². The van der Waals surface area contributed by atoms with Crippen molar-refractivity contribution < 1.29 is 9.59 Å². The monoisotopic (exact) mass is 352 g/mol. The van der Waals surface area contributed by atoms with Crippen LogP contribution in [0.3, 0.4) is 0 Å². The minimum absolute atomic E-state index is 0.0414. The molecule has 0 radical (unpaired) electrons. The summed E-state index contributed by atoms with van der Waals surface area (Å²) in [4.78, 5) is 32.3. The molecule has 1 N–H and O–H groups in total. The van der Waals surface area contributed by atoms with Crippen molar-refractivity contribution in [3.63, 3.8) is 0 Å². The van der Waals surface area contributed by atoms with Crippen LogP contribution < -0.4 is 5.32 Å². The van der Waals surface area contributed by atoms with E-state index in [4.69, 9.17) is 11.6 Å². The maximum absolute atomic E-state index is 12.6. The first kappa shape index (κ1) is 16.2. The van der Waals surface area contributed by atoms with E-state index < -0.39 is 0 Å². The predicted molar refractivity (Wildman–Crippen MR) is 92.4 cm³/mol. The third-order valence-corrected chi connectivity index (χ3v) is 4.97. The minimum atomic E-state index is -0.292. The van der Waals surface area contributed by atoms with Crippen molar-refractivity contribution in [1.29, 1.82) is 0 Å². The Morgan fingerprint density at radius 3 is 2.74 bits per heavy atom. The number of amides is 2. The number of benzene rings is 1. The van der Waals surface area contributed by atoms with Crippen molar-refractivity contribution in [2.24, 2.45) is 0 Å². The molecule has 2 aromatic rings. The van der Waals surface area contributed by atoms with E-state index in [0.29, 0.717) is 10.7 Å². The third kappa shape index (κ3) is 3.63. The van der Waals surface area contributed by atoms with Gasteiger partial charge in [-0.05, 0) is 25.2 Å². The number of aromatic nitrogens is 1. The molecule has 0 bridgehead atoms. The molecular formula is C15H17ClN4O2S. The van der Waals surface area contributed by atoms with Crippen molar-refractivity contribution >= 4 is 50.1 Å². The standard InChI is InChI=1S/C15H17ClN4O2S/c1-19-4-6-20(7-5-19)14(22)10-2-3-11-12(8-10)23-15(17-11)18-13(21)9-16/h2-3,8H,4-7,9H2,1H3,(H,17,18,21). The number of carbonyl (C=O) groups excluding carboxylic acids is 2. The topological polar surface area (TPSA) is 65.5 Å². The van der Waals surface area contributed by atoms with Gasteiger partial charge in [-0.3, -0.25) is 9.59 Å². The van der Waals surface area contributed by atoms with Gasteiger partial charge in [-0.15, -0.1) is 11.6 Å². The summed E-state index contributed by atoms with van der Waals surface area (Å²) in [5.41, 5.74) is 1.41. The second-order valence-electron chi connectivity index (χ2n) is 5.48. The summed E-state index contributed by atoms with van der Waals surface area (Å²) in [6.07, 6.45) is 0. The Morgan fingerprint density at radius 2 is 2.04 bits per heavy atom. The normalized spacial score (nSPS) is 15.8. The number of nitrogens with zero attached hydrogens (tertiary/aromatic N) is 3. The first-order chi connectivity index (χ1) is 11.1. The van der Waals surface area contributed by atoms with E-state index in [2.05, 4.69) is 22.2 Å². The molecule has 2 amide bonds. The molecule has 8 heteroatoms. The summed E-state index contributed by atoms with van der Waals surface area (Å²) in [5, 5.41) is 3.13. The first-order valence-electron chi connectivity index (χ1n) is 7.31. The van der Waals surface area contributed by atoms with E-state index >= 15 is 0 Å². The van der Waals surface area contributed by atoms with Gasteiger partial charge in [0.15, 0.2) is 5.13 Å². The van der Waals surface area contributed by atoms with Gasteiger partial charge in [-0.2, -0.15) is 0 Å². The fourth-order valence-electron chi connectivity index (χ4n) is 2.46. The van der Waals surface area contributed by atoms with Crippen LogP contribution in [0.5, 0.6) is 0 Å². The van der Waals surface area contributed by atoms with Gasteiger partial charge in [0.1, 0.15) is 5.88 Å². The maximum atomic E-state index is 12.6. The summed E-state index contributed by atoms with van der Waals surface area (Å²) in [6, 6.07) is 5.44. The summed E-state index contributed by atoms with van der Waals surface area (Å²) < 4.78 is 0.870. The van der Waals surface area contributed by atoms with Crippen LogP contribution >= 0.6 is 22.9 Å². The quantitative estimate of drug-likeness (QED) is 0.856. The lowest BCUT2D eigenvalue weighted by Crippen LogP contribution is -2.47. The van der Waals surface area contributed by atoms with E-state index in [1.807, 2.05) is 17.0 Å². The Bertz CT molecular complexity index is 740. The molecule has 0 atom stereocenters.